The van der Waals surface area contributed by atoms with Gasteiger partial charge in [-0.3, -0.25) is 4.68 Å². The van der Waals surface area contributed by atoms with Crippen LogP contribution >= 0.6 is 0 Å². The van der Waals surface area contributed by atoms with Crippen molar-refractivity contribution in [2.24, 2.45) is 12.8 Å². The SMILES string of the molecule is Cn1cc(-c2cc(-c3ccc(N4C[C@@H]5NC[C@@](C)(N)[C@@H]54)nc3)c[nH]2)cn1. The Morgan fingerprint density at radius 3 is 2.81 bits per heavy atom. The number of H-pyrrole nitrogens is 1. The van der Waals surface area contributed by atoms with Crippen LogP contribution in [-0.4, -0.2) is 50.5 Å². The largest absolute Gasteiger partial charge is 0.360 e. The van der Waals surface area contributed by atoms with Crippen molar-refractivity contribution in [3.05, 3.63) is 43.0 Å². The molecule has 3 aromatic heterocycles. The van der Waals surface area contributed by atoms with E-state index in [9.17, 15) is 0 Å². The van der Waals surface area contributed by atoms with Gasteiger partial charge < -0.3 is 20.9 Å². The minimum Gasteiger partial charge on any atom is -0.360 e. The lowest BCUT2D eigenvalue weighted by atomic mass is 9.85. The van der Waals surface area contributed by atoms with Gasteiger partial charge in [-0.2, -0.15) is 5.10 Å². The van der Waals surface area contributed by atoms with Crippen LogP contribution in [0.3, 0.4) is 0 Å². The van der Waals surface area contributed by atoms with Crippen molar-refractivity contribution in [1.29, 1.82) is 0 Å². The van der Waals surface area contributed by atoms with Crippen LogP contribution in [-0.2, 0) is 7.05 Å². The number of pyridine rings is 1. The molecule has 0 amide bonds. The lowest BCUT2D eigenvalue weighted by molar-refractivity contribution is 0.319. The van der Waals surface area contributed by atoms with E-state index in [0.717, 1.165) is 41.3 Å². The molecule has 0 radical (unpaired) electrons. The van der Waals surface area contributed by atoms with Crippen LogP contribution in [0.2, 0.25) is 0 Å². The van der Waals surface area contributed by atoms with Crippen molar-refractivity contribution in [3.63, 3.8) is 0 Å². The van der Waals surface area contributed by atoms with Crippen molar-refractivity contribution in [2.45, 2.75) is 24.5 Å². The molecule has 5 heterocycles. The molecule has 7 nitrogen and oxygen atoms in total. The average molecular weight is 349 g/mol. The third-order valence-electron chi connectivity index (χ3n) is 5.61. The van der Waals surface area contributed by atoms with E-state index in [4.69, 9.17) is 10.7 Å². The van der Waals surface area contributed by atoms with E-state index in [1.54, 1.807) is 4.68 Å². The molecule has 2 saturated heterocycles. The number of hydrogen-bond acceptors (Lipinski definition) is 5. The van der Waals surface area contributed by atoms with Crippen LogP contribution in [0, 0.1) is 0 Å². The fourth-order valence-corrected chi connectivity index (χ4v) is 4.20. The molecule has 3 aromatic rings. The van der Waals surface area contributed by atoms with Crippen LogP contribution < -0.4 is 16.0 Å². The fraction of sp³-hybridized carbons (Fsp3) is 0.368. The van der Waals surface area contributed by atoms with Gasteiger partial charge in [0.1, 0.15) is 5.82 Å². The molecular weight excluding hydrogens is 326 g/mol. The van der Waals surface area contributed by atoms with Gasteiger partial charge in [0.05, 0.1) is 12.2 Å². The van der Waals surface area contributed by atoms with Crippen molar-refractivity contribution >= 4 is 5.82 Å². The Bertz CT molecular complexity index is 937. The maximum atomic E-state index is 6.43. The van der Waals surface area contributed by atoms with Crippen LogP contribution in [0.15, 0.2) is 43.0 Å². The zero-order valence-electron chi connectivity index (χ0n) is 15.0. The molecular formula is C19H23N7. The second-order valence-electron chi connectivity index (χ2n) is 7.70. The molecule has 3 atom stereocenters. The van der Waals surface area contributed by atoms with E-state index in [-0.39, 0.29) is 5.54 Å². The minimum atomic E-state index is -0.206. The van der Waals surface area contributed by atoms with E-state index in [0.29, 0.717) is 12.1 Å². The summed E-state index contributed by atoms with van der Waals surface area (Å²) in [6.07, 6.45) is 7.80. The van der Waals surface area contributed by atoms with E-state index >= 15 is 0 Å². The zero-order chi connectivity index (χ0) is 17.9. The lowest BCUT2D eigenvalue weighted by Gasteiger charge is -2.49. The predicted molar refractivity (Wildman–Crippen MR) is 102 cm³/mol. The summed E-state index contributed by atoms with van der Waals surface area (Å²) in [6.45, 7) is 3.95. The lowest BCUT2D eigenvalue weighted by Crippen LogP contribution is -2.69. The summed E-state index contributed by atoms with van der Waals surface area (Å²) in [6, 6.07) is 7.16. The van der Waals surface area contributed by atoms with Gasteiger partial charge in [0.15, 0.2) is 0 Å². The molecule has 0 spiro atoms. The van der Waals surface area contributed by atoms with Crippen molar-refractivity contribution in [1.82, 2.24) is 25.1 Å². The normalized spacial score (nSPS) is 27.4. The monoisotopic (exact) mass is 349 g/mol. The minimum absolute atomic E-state index is 0.206. The summed E-state index contributed by atoms with van der Waals surface area (Å²) in [7, 11) is 1.92. The summed E-state index contributed by atoms with van der Waals surface area (Å²) in [4.78, 5) is 10.3. The highest BCUT2D eigenvalue weighted by Gasteiger charge is 2.53. The third kappa shape index (κ3) is 2.35. The van der Waals surface area contributed by atoms with Gasteiger partial charge in [0, 0.05) is 72.7 Å². The number of nitrogens with zero attached hydrogens (tertiary/aromatic N) is 4. The second-order valence-corrected chi connectivity index (χ2v) is 7.70. The smallest absolute Gasteiger partial charge is 0.128 e. The van der Waals surface area contributed by atoms with Gasteiger partial charge in [0.2, 0.25) is 0 Å². The molecule has 4 N–H and O–H groups in total. The molecule has 2 fully saturated rings. The number of hydrogen-bond donors (Lipinski definition) is 3. The second kappa shape index (κ2) is 5.43. The maximum absolute atomic E-state index is 6.43. The first-order chi connectivity index (χ1) is 12.5. The molecule has 0 saturated carbocycles. The first kappa shape index (κ1) is 15.6. The third-order valence-corrected chi connectivity index (χ3v) is 5.61. The van der Waals surface area contributed by atoms with Gasteiger partial charge in [-0.15, -0.1) is 0 Å². The number of aromatic nitrogens is 4. The number of aromatic amines is 1. The number of aryl methyl sites for hydroxylation is 1. The molecule has 2 aliphatic rings. The maximum Gasteiger partial charge on any atom is 0.128 e. The molecule has 2 aliphatic heterocycles. The van der Waals surface area contributed by atoms with Crippen LogP contribution in [0.25, 0.3) is 22.4 Å². The van der Waals surface area contributed by atoms with Crippen LogP contribution in [0.5, 0.6) is 0 Å². The van der Waals surface area contributed by atoms with Gasteiger partial charge >= 0.3 is 0 Å². The Morgan fingerprint density at radius 2 is 2.12 bits per heavy atom. The first-order valence-corrected chi connectivity index (χ1v) is 8.94. The number of nitrogens with two attached hydrogens (primary N) is 1. The van der Waals surface area contributed by atoms with E-state index in [2.05, 4.69) is 45.4 Å². The Balaban J connectivity index is 1.37. The first-order valence-electron chi connectivity index (χ1n) is 8.94. The number of anilines is 1. The van der Waals surface area contributed by atoms with Gasteiger partial charge in [0.25, 0.3) is 0 Å². The Labute approximate surface area is 152 Å². The van der Waals surface area contributed by atoms with Crippen LogP contribution in [0.1, 0.15) is 6.92 Å². The molecule has 0 unspecified atom stereocenters. The molecule has 134 valence electrons. The summed E-state index contributed by atoms with van der Waals surface area (Å²) in [5.41, 5.74) is 10.6. The molecule has 26 heavy (non-hydrogen) atoms. The summed E-state index contributed by atoms with van der Waals surface area (Å²) >= 11 is 0. The van der Waals surface area contributed by atoms with Crippen molar-refractivity contribution < 1.29 is 0 Å². The molecule has 0 aromatic carbocycles. The molecule has 0 bridgehead atoms. The zero-order valence-corrected chi connectivity index (χ0v) is 15.0. The van der Waals surface area contributed by atoms with Crippen molar-refractivity contribution in [2.75, 3.05) is 18.0 Å². The highest BCUT2D eigenvalue weighted by Crippen LogP contribution is 2.35. The summed E-state index contributed by atoms with van der Waals surface area (Å²) < 4.78 is 1.80. The highest BCUT2D eigenvalue weighted by molar-refractivity contribution is 5.71. The average Bonchev–Trinajstić information content (AvgIpc) is 3.27. The Hall–Kier alpha value is -2.64. The standard InChI is InChI=1S/C19H23N7/c1-19(20)11-23-16-10-26(18(16)19)17-4-3-12(6-22-17)13-5-15(21-7-13)14-8-24-25(2)9-14/h3-9,16,18,21,23H,10-11,20H2,1-2H3/t16-,18+,19+/m0/s1. The van der Waals surface area contributed by atoms with E-state index in [1.165, 1.54) is 0 Å². The molecule has 0 aliphatic carbocycles. The Morgan fingerprint density at radius 1 is 1.23 bits per heavy atom. The number of rotatable bonds is 3. The number of fused-ring (bicyclic) bond motifs is 1. The molecule has 7 heteroatoms. The summed E-state index contributed by atoms with van der Waals surface area (Å²) in [5, 5.41) is 7.72. The quantitative estimate of drug-likeness (QED) is 0.664. The number of nitrogens with one attached hydrogen (secondary N) is 2. The fourth-order valence-electron chi connectivity index (χ4n) is 4.20. The highest BCUT2D eigenvalue weighted by atomic mass is 15.4. The van der Waals surface area contributed by atoms with Gasteiger partial charge in [-0.1, -0.05) is 0 Å². The van der Waals surface area contributed by atoms with Gasteiger partial charge in [-0.25, -0.2) is 4.98 Å². The van der Waals surface area contributed by atoms with E-state index in [1.807, 2.05) is 31.8 Å². The molecule has 5 rings (SSSR count). The Kier molecular flexibility index (Phi) is 3.26. The van der Waals surface area contributed by atoms with E-state index < -0.39 is 0 Å². The van der Waals surface area contributed by atoms with Crippen molar-refractivity contribution in [3.8, 4) is 22.4 Å². The summed E-state index contributed by atoms with van der Waals surface area (Å²) in [5.74, 6) is 0.999. The van der Waals surface area contributed by atoms with Gasteiger partial charge in [-0.05, 0) is 25.1 Å². The predicted octanol–water partition coefficient (Wildman–Crippen LogP) is 1.35. The topological polar surface area (TPSA) is 87.8 Å². The van der Waals surface area contributed by atoms with Crippen LogP contribution in [0.4, 0.5) is 5.82 Å².